The van der Waals surface area contributed by atoms with Crippen molar-refractivity contribution in [3.63, 3.8) is 0 Å². The minimum atomic E-state index is -0.329. The van der Waals surface area contributed by atoms with Gasteiger partial charge in [-0.3, -0.25) is 0 Å². The zero-order valence-electron chi connectivity index (χ0n) is 41.0. The molecule has 0 unspecified atom stereocenters. The van der Waals surface area contributed by atoms with Crippen LogP contribution in [0.1, 0.15) is 26.3 Å². The first-order valence-electron chi connectivity index (χ1n) is 25.6. The molecule has 0 amide bonds. The van der Waals surface area contributed by atoms with E-state index in [1.54, 1.807) is 0 Å². The molecule has 0 atom stereocenters. The summed E-state index contributed by atoms with van der Waals surface area (Å²) in [4.78, 5) is 5.11. The second kappa shape index (κ2) is 15.1. The van der Waals surface area contributed by atoms with E-state index in [0.29, 0.717) is 0 Å². The lowest BCUT2D eigenvalue weighted by molar-refractivity contribution is 0.590. The summed E-state index contributed by atoms with van der Waals surface area (Å²) in [7, 11) is 0. The van der Waals surface area contributed by atoms with Gasteiger partial charge in [-0.15, -0.1) is 0 Å². The smallest absolute Gasteiger partial charge is 0.333 e. The van der Waals surface area contributed by atoms with Gasteiger partial charge in [-0.25, -0.2) is 0 Å². The van der Waals surface area contributed by atoms with Crippen LogP contribution in [-0.4, -0.2) is 6.85 Å². The Balaban J connectivity index is 1.09. The molecule has 348 valence electrons. The van der Waals surface area contributed by atoms with E-state index in [9.17, 15) is 0 Å². The van der Waals surface area contributed by atoms with Crippen LogP contribution >= 0.6 is 0 Å². The van der Waals surface area contributed by atoms with E-state index in [0.717, 1.165) is 133 Å². The van der Waals surface area contributed by atoms with Gasteiger partial charge in [0, 0.05) is 83.9 Å². The normalized spacial score (nSPS) is 13.3. The van der Waals surface area contributed by atoms with Crippen molar-refractivity contribution >= 4 is 123 Å². The van der Waals surface area contributed by atoms with Gasteiger partial charge in [0.15, 0.2) is 0 Å². The Hall–Kier alpha value is -9.26. The van der Waals surface area contributed by atoms with Gasteiger partial charge in [0.05, 0.1) is 5.69 Å². The molecule has 0 bridgehead atoms. The van der Waals surface area contributed by atoms with Gasteiger partial charge in [-0.1, -0.05) is 166 Å². The lowest BCUT2D eigenvalue weighted by Crippen LogP contribution is -2.61. The summed E-state index contributed by atoms with van der Waals surface area (Å²) >= 11 is 0. The molecule has 74 heavy (non-hydrogen) atoms. The molecule has 2 aliphatic heterocycles. The van der Waals surface area contributed by atoms with E-state index in [1.807, 2.05) is 0 Å². The van der Waals surface area contributed by atoms with Gasteiger partial charge < -0.3 is 23.0 Å². The van der Waals surface area contributed by atoms with E-state index in [2.05, 4.69) is 249 Å². The molecule has 0 spiro atoms. The van der Waals surface area contributed by atoms with Gasteiger partial charge in [0.25, 0.3) is 0 Å². The first-order valence-corrected chi connectivity index (χ1v) is 25.6. The van der Waals surface area contributed by atoms with E-state index in [4.69, 9.17) is 13.3 Å². The molecule has 0 radical (unpaired) electrons. The second-order valence-corrected chi connectivity index (χ2v) is 21.2. The third-order valence-corrected chi connectivity index (χ3v) is 15.9. The Labute approximate surface area is 427 Å². The number of anilines is 5. The maximum Gasteiger partial charge on any atom is 0.333 e. The molecule has 0 N–H and O–H groups in total. The lowest BCUT2D eigenvalue weighted by atomic mass is 9.43. The van der Waals surface area contributed by atoms with Crippen molar-refractivity contribution in [3.05, 3.63) is 224 Å². The van der Waals surface area contributed by atoms with Gasteiger partial charge in [-0.05, 0) is 110 Å². The summed E-state index contributed by atoms with van der Waals surface area (Å²) in [5.74, 6) is 0. The number of fused-ring (bicyclic) bond motifs is 15. The Morgan fingerprint density at radius 1 is 0.378 bits per heavy atom. The first-order chi connectivity index (χ1) is 36.3. The van der Waals surface area contributed by atoms with Crippen LogP contribution in [0.25, 0.3) is 110 Å². The maximum absolute atomic E-state index is 7.22. The second-order valence-electron chi connectivity index (χ2n) is 21.2. The summed E-state index contributed by atoms with van der Waals surface area (Å²) in [5.41, 5.74) is 20.8. The molecular formula is C68H45BN2O3. The fourth-order valence-corrected chi connectivity index (χ4v) is 12.4. The van der Waals surface area contributed by atoms with Crippen molar-refractivity contribution in [1.29, 1.82) is 0 Å². The minimum absolute atomic E-state index is 0.0897. The SMILES string of the molecule is CC(C)(C)c1ccc(N2c3cc4oc5cc6ccccc6cc5c4cc3B3c4c2cc2c(oc5ccccc52)c4-c2cc4c(cc2N3c2ccc(-c3ccccc3)cc2)oc2ccccc24)c(-c2ccccc2)c1. The van der Waals surface area contributed by atoms with Crippen LogP contribution in [0.4, 0.5) is 28.4 Å². The summed E-state index contributed by atoms with van der Waals surface area (Å²) in [6.45, 7) is 6.56. The molecule has 5 nitrogen and oxygen atoms in total. The molecule has 3 aromatic heterocycles. The highest BCUT2D eigenvalue weighted by molar-refractivity contribution is 6.94. The number of hydrogen-bond acceptors (Lipinski definition) is 5. The van der Waals surface area contributed by atoms with E-state index < -0.39 is 0 Å². The van der Waals surface area contributed by atoms with Crippen molar-refractivity contribution in [3.8, 4) is 33.4 Å². The standard InChI is InChI=1S/C68H45BN2O3/c1-68(2,3)45-28-31-56(49(34-45)42-18-8-5-9-19-42)70-58-39-64-52(50-32-43-20-10-11-21-44(43)33-62(50)73-64)36-55(58)69-66-59(70)37-53-48-23-13-15-25-61(48)74-67(53)65(66)54-35-51-47-22-12-14-24-60(47)72-63(51)38-57(54)71(69)46-29-26-41(27-30-46)40-16-6-4-7-17-40/h4-39H,1-3H3. The van der Waals surface area contributed by atoms with Crippen molar-refractivity contribution in [1.82, 2.24) is 0 Å². The fraction of sp³-hybridized carbons (Fsp3) is 0.0588. The van der Waals surface area contributed by atoms with Crippen LogP contribution in [0, 0.1) is 0 Å². The van der Waals surface area contributed by atoms with E-state index >= 15 is 0 Å². The summed E-state index contributed by atoms with van der Waals surface area (Å²) in [6, 6.07) is 79.5. The average molecular weight is 949 g/mol. The zero-order chi connectivity index (χ0) is 49.0. The molecule has 11 aromatic carbocycles. The Kier molecular flexibility index (Phi) is 8.46. The zero-order valence-corrected chi connectivity index (χ0v) is 41.0. The van der Waals surface area contributed by atoms with Crippen LogP contribution in [0.2, 0.25) is 0 Å². The molecule has 0 aliphatic carbocycles. The van der Waals surface area contributed by atoms with Crippen LogP contribution in [0.3, 0.4) is 0 Å². The lowest BCUT2D eigenvalue weighted by Gasteiger charge is -2.46. The summed E-state index contributed by atoms with van der Waals surface area (Å²) in [5, 5.41) is 8.77. The highest BCUT2D eigenvalue weighted by Gasteiger charge is 2.47. The molecule has 16 rings (SSSR count). The molecule has 6 heteroatoms. The molecular weight excluding hydrogens is 904 g/mol. The van der Waals surface area contributed by atoms with Crippen molar-refractivity contribution < 1.29 is 13.3 Å². The molecule has 14 aromatic rings. The van der Waals surface area contributed by atoms with Crippen LogP contribution in [-0.2, 0) is 5.41 Å². The Bertz CT molecular complexity index is 4660. The number of rotatable bonds is 4. The highest BCUT2D eigenvalue weighted by Crippen LogP contribution is 2.54. The quantitative estimate of drug-likeness (QED) is 0.165. The van der Waals surface area contributed by atoms with Crippen LogP contribution in [0.15, 0.2) is 232 Å². The van der Waals surface area contributed by atoms with Crippen molar-refractivity contribution in [2.24, 2.45) is 0 Å². The monoisotopic (exact) mass is 948 g/mol. The maximum atomic E-state index is 7.22. The molecule has 0 fully saturated rings. The minimum Gasteiger partial charge on any atom is -0.456 e. The number of para-hydroxylation sites is 2. The molecule has 0 saturated heterocycles. The number of furan rings is 3. The molecule has 2 aliphatic rings. The Morgan fingerprint density at radius 3 is 1.70 bits per heavy atom. The third kappa shape index (κ3) is 5.94. The topological polar surface area (TPSA) is 45.9 Å². The molecule has 0 saturated carbocycles. The number of hydrogen-bond donors (Lipinski definition) is 0. The summed E-state index contributed by atoms with van der Waals surface area (Å²) < 4.78 is 21.1. The predicted octanol–water partition coefficient (Wildman–Crippen LogP) is 17.9. The average Bonchev–Trinajstić information content (AvgIpc) is 4.22. The first kappa shape index (κ1) is 41.4. The van der Waals surface area contributed by atoms with Crippen LogP contribution < -0.4 is 20.6 Å². The van der Waals surface area contributed by atoms with E-state index in [1.165, 1.54) is 22.0 Å². The number of benzene rings is 11. The summed E-state index contributed by atoms with van der Waals surface area (Å²) in [6.07, 6.45) is 0. The predicted molar refractivity (Wildman–Crippen MR) is 309 cm³/mol. The largest absolute Gasteiger partial charge is 0.456 e. The number of nitrogens with zero attached hydrogens (tertiary/aromatic N) is 2. The third-order valence-electron chi connectivity index (χ3n) is 15.9. The molecule has 5 heterocycles. The fourth-order valence-electron chi connectivity index (χ4n) is 12.4. The Morgan fingerprint density at radius 2 is 0.959 bits per heavy atom. The van der Waals surface area contributed by atoms with Gasteiger partial charge in [0.2, 0.25) is 0 Å². The van der Waals surface area contributed by atoms with Crippen LogP contribution in [0.5, 0.6) is 0 Å². The van der Waals surface area contributed by atoms with E-state index in [-0.39, 0.29) is 12.3 Å². The van der Waals surface area contributed by atoms with Crippen molar-refractivity contribution in [2.75, 3.05) is 9.71 Å². The highest BCUT2D eigenvalue weighted by atomic mass is 16.3. The van der Waals surface area contributed by atoms with Gasteiger partial charge in [0.1, 0.15) is 33.5 Å². The van der Waals surface area contributed by atoms with Gasteiger partial charge >= 0.3 is 6.85 Å². The van der Waals surface area contributed by atoms with Gasteiger partial charge in [-0.2, -0.15) is 0 Å². The van der Waals surface area contributed by atoms with Crippen molar-refractivity contribution in [2.45, 2.75) is 26.2 Å².